The number of benzene rings is 1. The number of nitrogens with zero attached hydrogens (tertiary/aromatic N) is 2. The molecule has 2 aliphatic heterocycles. The average molecular weight is 420 g/mol. The Bertz CT molecular complexity index is 832. The number of ether oxygens (including phenoxy) is 3. The van der Waals surface area contributed by atoms with Crippen LogP contribution in [0.4, 0.5) is 10.5 Å². The standard InChI is InChI=1S/C20H24N2O6S/c1-13(2)28-18(23)12-22-19(24)17(29-20(22)25)10-14-4-5-15(11-16(14)26-3)21-6-8-27-9-7-21/h4-5,10-11,13H,6-9,12H2,1-3H3/b17-10+. The largest absolute Gasteiger partial charge is 0.496 e. The van der Waals surface area contributed by atoms with Gasteiger partial charge in [-0.3, -0.25) is 19.3 Å². The Morgan fingerprint density at radius 1 is 1.28 bits per heavy atom. The monoisotopic (exact) mass is 420 g/mol. The minimum atomic E-state index is -0.615. The number of hydrogen-bond acceptors (Lipinski definition) is 8. The molecule has 2 fully saturated rings. The van der Waals surface area contributed by atoms with E-state index >= 15 is 0 Å². The number of anilines is 1. The topological polar surface area (TPSA) is 85.4 Å². The smallest absolute Gasteiger partial charge is 0.326 e. The molecule has 0 aromatic heterocycles. The molecule has 1 aromatic carbocycles. The van der Waals surface area contributed by atoms with Gasteiger partial charge in [0.25, 0.3) is 11.1 Å². The molecule has 0 spiro atoms. The van der Waals surface area contributed by atoms with E-state index in [9.17, 15) is 14.4 Å². The van der Waals surface area contributed by atoms with Crippen molar-refractivity contribution in [1.82, 2.24) is 4.90 Å². The number of amides is 2. The maximum absolute atomic E-state index is 12.6. The zero-order valence-electron chi connectivity index (χ0n) is 16.7. The van der Waals surface area contributed by atoms with Gasteiger partial charge >= 0.3 is 5.97 Å². The second-order valence-electron chi connectivity index (χ2n) is 6.83. The second kappa shape index (κ2) is 9.32. The second-order valence-corrected chi connectivity index (χ2v) is 7.83. The lowest BCUT2D eigenvalue weighted by Gasteiger charge is -2.29. The van der Waals surface area contributed by atoms with Crippen molar-refractivity contribution < 1.29 is 28.6 Å². The summed E-state index contributed by atoms with van der Waals surface area (Å²) in [6.45, 7) is 5.97. The van der Waals surface area contributed by atoms with Crippen molar-refractivity contribution >= 4 is 40.6 Å². The first-order valence-electron chi connectivity index (χ1n) is 9.34. The van der Waals surface area contributed by atoms with Crippen molar-refractivity contribution in [2.75, 3.05) is 44.9 Å². The molecule has 8 nitrogen and oxygen atoms in total. The highest BCUT2D eigenvalue weighted by atomic mass is 32.2. The van der Waals surface area contributed by atoms with Crippen molar-refractivity contribution in [1.29, 1.82) is 0 Å². The van der Waals surface area contributed by atoms with E-state index in [-0.39, 0.29) is 11.0 Å². The van der Waals surface area contributed by atoms with Crippen molar-refractivity contribution in [3.05, 3.63) is 28.7 Å². The van der Waals surface area contributed by atoms with E-state index in [4.69, 9.17) is 14.2 Å². The number of imide groups is 1. The Kier molecular flexibility index (Phi) is 6.81. The first kappa shape index (κ1) is 21.2. The Morgan fingerprint density at radius 2 is 2.00 bits per heavy atom. The molecule has 1 aromatic rings. The summed E-state index contributed by atoms with van der Waals surface area (Å²) in [4.78, 5) is 40.0. The number of esters is 1. The third-order valence-electron chi connectivity index (χ3n) is 4.41. The van der Waals surface area contributed by atoms with Crippen LogP contribution in [-0.2, 0) is 19.1 Å². The molecule has 0 atom stereocenters. The van der Waals surface area contributed by atoms with Crippen molar-refractivity contribution in [2.24, 2.45) is 0 Å². The van der Waals surface area contributed by atoms with Gasteiger partial charge in [-0.05, 0) is 43.8 Å². The van der Waals surface area contributed by atoms with Gasteiger partial charge in [0.05, 0.1) is 31.3 Å². The molecule has 0 aliphatic carbocycles. The molecule has 0 saturated carbocycles. The van der Waals surface area contributed by atoms with Crippen LogP contribution < -0.4 is 9.64 Å². The van der Waals surface area contributed by atoms with Crippen LogP contribution in [0.15, 0.2) is 23.1 Å². The summed E-state index contributed by atoms with van der Waals surface area (Å²) >= 11 is 0.797. The maximum atomic E-state index is 12.6. The molecule has 3 rings (SSSR count). The molecular formula is C20H24N2O6S. The highest BCUT2D eigenvalue weighted by Gasteiger charge is 2.37. The Balaban J connectivity index is 1.77. The zero-order valence-corrected chi connectivity index (χ0v) is 17.5. The number of thioether (sulfide) groups is 1. The summed E-state index contributed by atoms with van der Waals surface area (Å²) in [7, 11) is 1.56. The fraction of sp³-hybridized carbons (Fsp3) is 0.450. The molecule has 2 heterocycles. The van der Waals surface area contributed by atoms with Gasteiger partial charge in [0.2, 0.25) is 0 Å². The lowest BCUT2D eigenvalue weighted by Crippen LogP contribution is -2.36. The van der Waals surface area contributed by atoms with Gasteiger partial charge in [0, 0.05) is 30.4 Å². The first-order valence-corrected chi connectivity index (χ1v) is 10.2. The summed E-state index contributed by atoms with van der Waals surface area (Å²) in [5.41, 5.74) is 1.69. The fourth-order valence-electron chi connectivity index (χ4n) is 3.04. The minimum absolute atomic E-state index is 0.241. The zero-order chi connectivity index (χ0) is 21.0. The number of hydrogen-bond donors (Lipinski definition) is 0. The Hall–Kier alpha value is -2.52. The van der Waals surface area contributed by atoms with Crippen LogP contribution in [-0.4, -0.2) is 68.1 Å². The molecule has 0 bridgehead atoms. The van der Waals surface area contributed by atoms with Crippen LogP contribution in [0.3, 0.4) is 0 Å². The summed E-state index contributed by atoms with van der Waals surface area (Å²) in [6, 6.07) is 5.70. The van der Waals surface area contributed by atoms with E-state index in [2.05, 4.69) is 4.90 Å². The summed E-state index contributed by atoms with van der Waals surface area (Å²) < 4.78 is 15.9. The summed E-state index contributed by atoms with van der Waals surface area (Å²) in [5.74, 6) is -0.531. The highest BCUT2D eigenvalue weighted by Crippen LogP contribution is 2.35. The predicted molar refractivity (Wildman–Crippen MR) is 110 cm³/mol. The Morgan fingerprint density at radius 3 is 2.66 bits per heavy atom. The molecule has 2 amide bonds. The molecule has 2 saturated heterocycles. The minimum Gasteiger partial charge on any atom is -0.496 e. The summed E-state index contributed by atoms with van der Waals surface area (Å²) in [6.07, 6.45) is 1.30. The number of carbonyl (C=O) groups excluding carboxylic acids is 3. The van der Waals surface area contributed by atoms with E-state index in [1.54, 1.807) is 27.0 Å². The molecule has 29 heavy (non-hydrogen) atoms. The van der Waals surface area contributed by atoms with Crippen molar-refractivity contribution in [2.45, 2.75) is 20.0 Å². The van der Waals surface area contributed by atoms with Gasteiger partial charge in [0.15, 0.2) is 0 Å². The fourth-order valence-corrected chi connectivity index (χ4v) is 3.87. The number of carbonyl (C=O) groups is 3. The third kappa shape index (κ3) is 5.10. The molecule has 9 heteroatoms. The third-order valence-corrected chi connectivity index (χ3v) is 5.32. The van der Waals surface area contributed by atoms with E-state index in [1.165, 1.54) is 0 Å². The molecular weight excluding hydrogens is 396 g/mol. The van der Waals surface area contributed by atoms with Crippen molar-refractivity contribution in [3.8, 4) is 5.75 Å². The SMILES string of the molecule is COc1cc(N2CCOCC2)ccc1/C=C1/SC(=O)N(CC(=O)OC(C)C)C1=O. The lowest BCUT2D eigenvalue weighted by atomic mass is 10.1. The molecule has 0 N–H and O–H groups in total. The van der Waals surface area contributed by atoms with Gasteiger partial charge in [-0.1, -0.05) is 0 Å². The first-order chi connectivity index (χ1) is 13.9. The number of methoxy groups -OCH3 is 1. The van der Waals surface area contributed by atoms with Gasteiger partial charge in [0.1, 0.15) is 12.3 Å². The molecule has 156 valence electrons. The van der Waals surface area contributed by atoms with Gasteiger partial charge < -0.3 is 19.1 Å². The van der Waals surface area contributed by atoms with Gasteiger partial charge in [-0.15, -0.1) is 0 Å². The molecule has 0 unspecified atom stereocenters. The van der Waals surface area contributed by atoms with E-state index in [1.807, 2.05) is 18.2 Å². The van der Waals surface area contributed by atoms with Gasteiger partial charge in [-0.2, -0.15) is 0 Å². The number of morpholine rings is 1. The van der Waals surface area contributed by atoms with E-state index in [0.717, 1.165) is 35.4 Å². The van der Waals surface area contributed by atoms with Crippen LogP contribution in [0.1, 0.15) is 19.4 Å². The highest BCUT2D eigenvalue weighted by molar-refractivity contribution is 8.18. The average Bonchev–Trinajstić information content (AvgIpc) is 2.95. The quantitative estimate of drug-likeness (QED) is 0.513. The van der Waals surface area contributed by atoms with Crippen LogP contribution in [0.5, 0.6) is 5.75 Å². The van der Waals surface area contributed by atoms with Crippen LogP contribution in [0, 0.1) is 0 Å². The number of rotatable bonds is 6. The van der Waals surface area contributed by atoms with E-state index < -0.39 is 23.7 Å². The van der Waals surface area contributed by atoms with Crippen LogP contribution in [0.2, 0.25) is 0 Å². The predicted octanol–water partition coefficient (Wildman–Crippen LogP) is 2.52. The van der Waals surface area contributed by atoms with Crippen LogP contribution in [0.25, 0.3) is 6.08 Å². The summed E-state index contributed by atoms with van der Waals surface area (Å²) in [5, 5.41) is -0.495. The van der Waals surface area contributed by atoms with E-state index in [0.29, 0.717) is 24.5 Å². The normalized spacial score (nSPS) is 18.7. The van der Waals surface area contributed by atoms with Crippen molar-refractivity contribution in [3.63, 3.8) is 0 Å². The Labute approximate surface area is 173 Å². The van der Waals surface area contributed by atoms with Crippen LogP contribution >= 0.6 is 11.8 Å². The molecule has 2 aliphatic rings. The van der Waals surface area contributed by atoms with Gasteiger partial charge in [-0.25, -0.2) is 0 Å². The molecule has 0 radical (unpaired) electrons. The maximum Gasteiger partial charge on any atom is 0.326 e. The lowest BCUT2D eigenvalue weighted by molar-refractivity contribution is -0.149.